The summed E-state index contributed by atoms with van der Waals surface area (Å²) in [5.41, 5.74) is 0.326. The van der Waals surface area contributed by atoms with Crippen LogP contribution in [0.1, 0.15) is 27.6 Å². The maximum atomic E-state index is 12.7. The standard InChI is InChI=1S/C10H8BrFO2/c1-6(11)10(14)9-3-2-8(12)4-7(9)5-13/h2-6H,1H3. The Bertz CT molecular complexity index is 374. The van der Waals surface area contributed by atoms with Crippen molar-refractivity contribution in [2.24, 2.45) is 0 Å². The minimum atomic E-state index is -0.522. The van der Waals surface area contributed by atoms with Crippen LogP contribution in [0.25, 0.3) is 0 Å². The van der Waals surface area contributed by atoms with Crippen molar-refractivity contribution in [1.82, 2.24) is 0 Å². The molecule has 0 spiro atoms. The molecule has 0 radical (unpaired) electrons. The van der Waals surface area contributed by atoms with Crippen LogP contribution in [0.15, 0.2) is 18.2 Å². The molecule has 0 aliphatic carbocycles. The van der Waals surface area contributed by atoms with E-state index in [4.69, 9.17) is 0 Å². The van der Waals surface area contributed by atoms with Crippen LogP contribution in [-0.4, -0.2) is 16.9 Å². The number of hydrogen-bond donors (Lipinski definition) is 0. The van der Waals surface area contributed by atoms with Crippen molar-refractivity contribution >= 4 is 28.0 Å². The molecule has 0 saturated heterocycles. The molecule has 1 atom stereocenters. The van der Waals surface area contributed by atoms with Gasteiger partial charge < -0.3 is 0 Å². The maximum absolute atomic E-state index is 12.7. The minimum absolute atomic E-state index is 0.0845. The van der Waals surface area contributed by atoms with Crippen LogP contribution in [0, 0.1) is 5.82 Å². The van der Waals surface area contributed by atoms with Crippen LogP contribution in [0.2, 0.25) is 0 Å². The van der Waals surface area contributed by atoms with Crippen LogP contribution in [0.5, 0.6) is 0 Å². The van der Waals surface area contributed by atoms with E-state index in [9.17, 15) is 14.0 Å². The Kier molecular flexibility index (Phi) is 3.52. The molecule has 74 valence electrons. The number of aldehydes is 1. The molecular formula is C10H8BrFO2. The zero-order valence-corrected chi connectivity index (χ0v) is 9.05. The maximum Gasteiger partial charge on any atom is 0.176 e. The van der Waals surface area contributed by atoms with Gasteiger partial charge in [-0.3, -0.25) is 9.59 Å². The Morgan fingerprint density at radius 3 is 2.71 bits per heavy atom. The average Bonchev–Trinajstić information content (AvgIpc) is 2.16. The van der Waals surface area contributed by atoms with Crippen molar-refractivity contribution < 1.29 is 14.0 Å². The van der Waals surface area contributed by atoms with E-state index in [0.717, 1.165) is 12.1 Å². The molecule has 2 nitrogen and oxygen atoms in total. The fourth-order valence-electron chi connectivity index (χ4n) is 1.07. The highest BCUT2D eigenvalue weighted by Crippen LogP contribution is 2.14. The SMILES string of the molecule is CC(Br)C(=O)c1ccc(F)cc1C=O. The molecule has 0 bridgehead atoms. The Morgan fingerprint density at radius 2 is 2.21 bits per heavy atom. The van der Waals surface area contributed by atoms with Gasteiger partial charge in [-0.05, 0) is 25.1 Å². The summed E-state index contributed by atoms with van der Waals surface area (Å²) in [7, 11) is 0. The number of rotatable bonds is 3. The first-order valence-corrected chi connectivity index (χ1v) is 4.91. The van der Waals surface area contributed by atoms with Crippen LogP contribution in [0.3, 0.4) is 0 Å². The monoisotopic (exact) mass is 258 g/mol. The van der Waals surface area contributed by atoms with E-state index < -0.39 is 5.82 Å². The van der Waals surface area contributed by atoms with Crippen LogP contribution < -0.4 is 0 Å². The molecular weight excluding hydrogens is 251 g/mol. The van der Waals surface area contributed by atoms with E-state index in [0.29, 0.717) is 6.29 Å². The highest BCUT2D eigenvalue weighted by molar-refractivity contribution is 9.10. The summed E-state index contributed by atoms with van der Waals surface area (Å²) in [6, 6.07) is 3.53. The van der Waals surface area contributed by atoms with Gasteiger partial charge in [-0.1, -0.05) is 15.9 Å². The third-order valence-corrected chi connectivity index (χ3v) is 2.18. The Labute approximate surface area is 89.2 Å². The number of alkyl halides is 1. The summed E-state index contributed by atoms with van der Waals surface area (Å²) in [6.07, 6.45) is 0.478. The van der Waals surface area contributed by atoms with E-state index >= 15 is 0 Å². The molecule has 0 aromatic heterocycles. The van der Waals surface area contributed by atoms with Gasteiger partial charge in [-0.15, -0.1) is 0 Å². The molecule has 14 heavy (non-hydrogen) atoms. The summed E-state index contributed by atoms with van der Waals surface area (Å²) in [5.74, 6) is -0.752. The van der Waals surface area contributed by atoms with Gasteiger partial charge in [-0.2, -0.15) is 0 Å². The van der Waals surface area contributed by atoms with Crippen molar-refractivity contribution in [3.05, 3.63) is 35.1 Å². The number of Topliss-reactive ketones (excluding diaryl/α,β-unsaturated/α-hetero) is 1. The van der Waals surface area contributed by atoms with Gasteiger partial charge in [0.05, 0.1) is 4.83 Å². The largest absolute Gasteiger partial charge is 0.298 e. The average molecular weight is 259 g/mol. The summed E-state index contributed by atoms with van der Waals surface area (Å²) in [4.78, 5) is 21.7. The van der Waals surface area contributed by atoms with Gasteiger partial charge in [0.25, 0.3) is 0 Å². The fourth-order valence-corrected chi connectivity index (χ4v) is 1.32. The number of carbonyl (C=O) groups is 2. The Balaban J connectivity index is 3.20. The number of hydrogen-bond acceptors (Lipinski definition) is 2. The topological polar surface area (TPSA) is 34.1 Å². The molecule has 0 aliphatic heterocycles. The van der Waals surface area contributed by atoms with Gasteiger partial charge in [0.1, 0.15) is 5.82 Å². The molecule has 0 aliphatic rings. The molecule has 0 amide bonds. The lowest BCUT2D eigenvalue weighted by atomic mass is 10.0. The smallest absolute Gasteiger partial charge is 0.176 e. The number of carbonyl (C=O) groups excluding carboxylic acids is 2. The lowest BCUT2D eigenvalue weighted by Gasteiger charge is -2.05. The predicted octanol–water partition coefficient (Wildman–Crippen LogP) is 2.60. The highest BCUT2D eigenvalue weighted by atomic mass is 79.9. The van der Waals surface area contributed by atoms with Gasteiger partial charge in [0.2, 0.25) is 0 Å². The first-order valence-electron chi connectivity index (χ1n) is 3.99. The fraction of sp³-hybridized carbons (Fsp3) is 0.200. The van der Waals surface area contributed by atoms with Crippen molar-refractivity contribution in [2.45, 2.75) is 11.8 Å². The first-order chi connectivity index (χ1) is 6.56. The van der Waals surface area contributed by atoms with Crippen molar-refractivity contribution in [2.75, 3.05) is 0 Å². The van der Waals surface area contributed by atoms with Gasteiger partial charge >= 0.3 is 0 Å². The summed E-state index contributed by atoms with van der Waals surface area (Å²) < 4.78 is 12.7. The number of benzene rings is 1. The van der Waals surface area contributed by atoms with E-state index in [1.807, 2.05) is 0 Å². The van der Waals surface area contributed by atoms with Crippen LogP contribution in [-0.2, 0) is 0 Å². The Hall–Kier alpha value is -1.03. The first kappa shape index (κ1) is 11.0. The second-order valence-electron chi connectivity index (χ2n) is 2.83. The van der Waals surface area contributed by atoms with Gasteiger partial charge in [0, 0.05) is 11.1 Å². The van der Waals surface area contributed by atoms with Crippen LogP contribution >= 0.6 is 15.9 Å². The highest BCUT2D eigenvalue weighted by Gasteiger charge is 2.15. The third kappa shape index (κ3) is 2.26. The molecule has 4 heteroatoms. The second-order valence-corrected chi connectivity index (χ2v) is 4.20. The lowest BCUT2D eigenvalue weighted by Crippen LogP contribution is -2.12. The van der Waals surface area contributed by atoms with E-state index in [2.05, 4.69) is 15.9 Å². The lowest BCUT2D eigenvalue weighted by molar-refractivity contribution is 0.0989. The van der Waals surface area contributed by atoms with Crippen LogP contribution in [0.4, 0.5) is 4.39 Å². The second kappa shape index (κ2) is 4.46. The normalized spacial score (nSPS) is 12.2. The minimum Gasteiger partial charge on any atom is -0.298 e. The van der Waals surface area contributed by atoms with E-state index in [1.54, 1.807) is 6.92 Å². The predicted molar refractivity (Wildman–Crippen MR) is 54.5 cm³/mol. The van der Waals surface area contributed by atoms with Crippen molar-refractivity contribution in [1.29, 1.82) is 0 Å². The molecule has 1 aromatic carbocycles. The molecule has 1 unspecified atom stereocenters. The van der Waals surface area contributed by atoms with Gasteiger partial charge in [0.15, 0.2) is 12.1 Å². The van der Waals surface area contributed by atoms with E-state index in [1.165, 1.54) is 6.07 Å². The molecule has 0 saturated carbocycles. The summed E-state index contributed by atoms with van der Waals surface area (Å²) >= 11 is 3.10. The summed E-state index contributed by atoms with van der Waals surface area (Å²) in [5, 5.41) is 0. The quantitative estimate of drug-likeness (QED) is 0.475. The zero-order valence-electron chi connectivity index (χ0n) is 7.46. The summed E-state index contributed by atoms with van der Waals surface area (Å²) in [6.45, 7) is 1.65. The number of halogens is 2. The molecule has 0 N–H and O–H groups in total. The molecule has 0 heterocycles. The van der Waals surface area contributed by atoms with Crippen molar-refractivity contribution in [3.63, 3.8) is 0 Å². The van der Waals surface area contributed by atoms with Gasteiger partial charge in [-0.25, -0.2) is 4.39 Å². The third-order valence-electron chi connectivity index (χ3n) is 1.77. The zero-order chi connectivity index (χ0) is 10.7. The Morgan fingerprint density at radius 1 is 1.57 bits per heavy atom. The molecule has 1 rings (SSSR count). The van der Waals surface area contributed by atoms with Crippen molar-refractivity contribution in [3.8, 4) is 0 Å². The molecule has 1 aromatic rings. The van der Waals surface area contributed by atoms with E-state index in [-0.39, 0.29) is 21.7 Å². The number of ketones is 1. The molecule has 0 fully saturated rings.